The molecule has 0 fully saturated rings. The maximum Gasteiger partial charge on any atom is 0.233 e. The Labute approximate surface area is 165 Å². The highest BCUT2D eigenvalue weighted by atomic mass is 32.2. The van der Waals surface area contributed by atoms with Crippen LogP contribution in [0.5, 0.6) is 17.2 Å². The summed E-state index contributed by atoms with van der Waals surface area (Å²) in [5, 5.41) is 2.77. The molecule has 0 aromatic heterocycles. The van der Waals surface area contributed by atoms with Crippen molar-refractivity contribution in [1.29, 1.82) is 0 Å². The van der Waals surface area contributed by atoms with E-state index in [1.165, 1.54) is 11.8 Å². The molecule has 2 aromatic rings. The fourth-order valence-corrected chi connectivity index (χ4v) is 3.31. The Bertz CT molecular complexity index is 746. The fraction of sp³-hybridized carbons (Fsp3) is 0.381. The van der Waals surface area contributed by atoms with Crippen molar-refractivity contribution < 1.29 is 19.0 Å². The van der Waals surface area contributed by atoms with Gasteiger partial charge in [-0.25, -0.2) is 0 Å². The first-order chi connectivity index (χ1) is 12.9. The van der Waals surface area contributed by atoms with Gasteiger partial charge in [0.2, 0.25) is 5.91 Å². The minimum absolute atomic E-state index is 0.0164. The van der Waals surface area contributed by atoms with Crippen LogP contribution in [0.3, 0.4) is 0 Å². The molecular formula is C21H27NO4S. The Kier molecular flexibility index (Phi) is 7.85. The van der Waals surface area contributed by atoms with Crippen molar-refractivity contribution in [3.8, 4) is 17.2 Å². The number of carbonyl (C=O) groups is 1. The van der Waals surface area contributed by atoms with Gasteiger partial charge in [-0.05, 0) is 62.7 Å². The van der Waals surface area contributed by atoms with Crippen LogP contribution >= 0.6 is 11.8 Å². The SMILES string of the molecule is COc1ccc(S[C@@H](C)C(=O)NCc2ccc(OC(C)C)c(OC)c2)cc1. The Hall–Kier alpha value is -2.34. The highest BCUT2D eigenvalue weighted by Gasteiger charge is 2.15. The summed E-state index contributed by atoms with van der Waals surface area (Å²) in [5.41, 5.74) is 0.956. The molecule has 0 heterocycles. The van der Waals surface area contributed by atoms with Crippen molar-refractivity contribution in [2.75, 3.05) is 14.2 Å². The smallest absolute Gasteiger partial charge is 0.233 e. The zero-order valence-corrected chi connectivity index (χ0v) is 17.3. The first-order valence-corrected chi connectivity index (χ1v) is 9.73. The van der Waals surface area contributed by atoms with E-state index in [2.05, 4.69) is 5.32 Å². The van der Waals surface area contributed by atoms with Crippen LogP contribution < -0.4 is 19.5 Å². The van der Waals surface area contributed by atoms with E-state index in [1.807, 2.05) is 63.2 Å². The van der Waals surface area contributed by atoms with Crippen LogP contribution in [0.2, 0.25) is 0 Å². The zero-order chi connectivity index (χ0) is 19.8. The molecule has 0 aliphatic rings. The molecule has 0 bridgehead atoms. The summed E-state index contributed by atoms with van der Waals surface area (Å²) < 4.78 is 16.3. The van der Waals surface area contributed by atoms with Crippen molar-refractivity contribution >= 4 is 17.7 Å². The Morgan fingerprint density at radius 2 is 1.70 bits per heavy atom. The number of nitrogens with one attached hydrogen (secondary N) is 1. The number of carbonyl (C=O) groups excluding carboxylic acids is 1. The molecule has 0 unspecified atom stereocenters. The maximum atomic E-state index is 12.4. The number of thioether (sulfide) groups is 1. The van der Waals surface area contributed by atoms with Gasteiger partial charge in [0.1, 0.15) is 5.75 Å². The number of amides is 1. The van der Waals surface area contributed by atoms with Gasteiger partial charge in [-0.2, -0.15) is 0 Å². The van der Waals surface area contributed by atoms with Crippen molar-refractivity contribution in [3.05, 3.63) is 48.0 Å². The van der Waals surface area contributed by atoms with Gasteiger partial charge in [0.05, 0.1) is 25.6 Å². The molecule has 27 heavy (non-hydrogen) atoms. The lowest BCUT2D eigenvalue weighted by atomic mass is 10.2. The van der Waals surface area contributed by atoms with E-state index in [4.69, 9.17) is 14.2 Å². The molecule has 0 spiro atoms. The van der Waals surface area contributed by atoms with E-state index in [0.29, 0.717) is 18.0 Å². The van der Waals surface area contributed by atoms with Crippen molar-refractivity contribution in [2.45, 2.75) is 43.6 Å². The largest absolute Gasteiger partial charge is 0.497 e. The second kappa shape index (κ2) is 10.1. The quantitative estimate of drug-likeness (QED) is 0.649. The van der Waals surface area contributed by atoms with Crippen LogP contribution in [0.4, 0.5) is 0 Å². The summed E-state index contributed by atoms with van der Waals surface area (Å²) in [6, 6.07) is 13.4. The molecule has 1 amide bonds. The predicted molar refractivity (Wildman–Crippen MR) is 109 cm³/mol. The maximum absolute atomic E-state index is 12.4. The van der Waals surface area contributed by atoms with Gasteiger partial charge < -0.3 is 19.5 Å². The van der Waals surface area contributed by atoms with Crippen LogP contribution in [0.25, 0.3) is 0 Å². The topological polar surface area (TPSA) is 56.8 Å². The first kappa shape index (κ1) is 21.0. The predicted octanol–water partition coefficient (Wildman–Crippen LogP) is 4.29. The molecule has 5 nitrogen and oxygen atoms in total. The molecule has 0 radical (unpaired) electrons. The highest BCUT2D eigenvalue weighted by Crippen LogP contribution is 2.29. The number of hydrogen-bond acceptors (Lipinski definition) is 5. The highest BCUT2D eigenvalue weighted by molar-refractivity contribution is 8.00. The summed E-state index contributed by atoms with van der Waals surface area (Å²) >= 11 is 1.51. The number of ether oxygens (including phenoxy) is 3. The van der Waals surface area contributed by atoms with Gasteiger partial charge in [0.25, 0.3) is 0 Å². The van der Waals surface area contributed by atoms with E-state index in [0.717, 1.165) is 16.2 Å². The minimum atomic E-state index is -0.205. The van der Waals surface area contributed by atoms with Crippen molar-refractivity contribution in [3.63, 3.8) is 0 Å². The molecule has 0 aliphatic heterocycles. The van der Waals surface area contributed by atoms with Crippen LogP contribution in [0.15, 0.2) is 47.4 Å². The Balaban J connectivity index is 1.91. The second-order valence-electron chi connectivity index (χ2n) is 6.31. The van der Waals surface area contributed by atoms with Gasteiger partial charge in [0, 0.05) is 11.4 Å². The average molecular weight is 390 g/mol. The number of methoxy groups -OCH3 is 2. The molecule has 2 aromatic carbocycles. The standard InChI is InChI=1S/C21H27NO4S/c1-14(2)26-19-11-6-16(12-20(19)25-5)13-22-21(23)15(3)27-18-9-7-17(24-4)8-10-18/h6-12,14-15H,13H2,1-5H3,(H,22,23)/t15-/m0/s1. The molecule has 2 rings (SSSR count). The third-order valence-electron chi connectivity index (χ3n) is 3.80. The Morgan fingerprint density at radius 3 is 2.30 bits per heavy atom. The third-order valence-corrected chi connectivity index (χ3v) is 4.91. The van der Waals surface area contributed by atoms with Crippen molar-refractivity contribution in [1.82, 2.24) is 5.32 Å². The number of hydrogen-bond donors (Lipinski definition) is 1. The van der Waals surface area contributed by atoms with E-state index >= 15 is 0 Å². The van der Waals surface area contributed by atoms with E-state index in [9.17, 15) is 4.79 Å². The zero-order valence-electron chi connectivity index (χ0n) is 16.4. The molecule has 1 N–H and O–H groups in total. The third kappa shape index (κ3) is 6.40. The molecule has 1 atom stereocenters. The molecular weight excluding hydrogens is 362 g/mol. The molecule has 6 heteroatoms. The second-order valence-corrected chi connectivity index (χ2v) is 7.72. The molecule has 0 saturated carbocycles. The minimum Gasteiger partial charge on any atom is -0.497 e. The monoisotopic (exact) mass is 389 g/mol. The normalized spacial score (nSPS) is 11.8. The van der Waals surface area contributed by atoms with Crippen molar-refractivity contribution in [2.24, 2.45) is 0 Å². The van der Waals surface area contributed by atoms with E-state index < -0.39 is 0 Å². The van der Waals surface area contributed by atoms with Crippen LogP contribution in [-0.4, -0.2) is 31.5 Å². The number of benzene rings is 2. The molecule has 0 aliphatic carbocycles. The van der Waals surface area contributed by atoms with E-state index in [-0.39, 0.29) is 17.3 Å². The van der Waals surface area contributed by atoms with E-state index in [1.54, 1.807) is 14.2 Å². The van der Waals surface area contributed by atoms with Crippen LogP contribution in [0.1, 0.15) is 26.3 Å². The summed E-state index contributed by atoms with van der Waals surface area (Å²) in [6.45, 7) is 6.26. The van der Waals surface area contributed by atoms with Gasteiger partial charge in [-0.15, -0.1) is 11.8 Å². The van der Waals surface area contributed by atoms with Crippen LogP contribution in [-0.2, 0) is 11.3 Å². The first-order valence-electron chi connectivity index (χ1n) is 8.85. The van der Waals surface area contributed by atoms with Gasteiger partial charge in [-0.3, -0.25) is 4.79 Å². The summed E-state index contributed by atoms with van der Waals surface area (Å²) in [7, 11) is 3.24. The lowest BCUT2D eigenvalue weighted by Gasteiger charge is -2.15. The molecule has 146 valence electrons. The summed E-state index contributed by atoms with van der Waals surface area (Å²) in [4.78, 5) is 13.4. The lowest BCUT2D eigenvalue weighted by molar-refractivity contribution is -0.120. The average Bonchev–Trinajstić information content (AvgIpc) is 2.67. The number of rotatable bonds is 9. The van der Waals surface area contributed by atoms with Gasteiger partial charge >= 0.3 is 0 Å². The summed E-state index contributed by atoms with van der Waals surface area (Å²) in [5.74, 6) is 2.15. The van der Waals surface area contributed by atoms with Gasteiger partial charge in [-0.1, -0.05) is 6.07 Å². The molecule has 0 saturated heterocycles. The lowest BCUT2D eigenvalue weighted by Crippen LogP contribution is -2.30. The summed E-state index contributed by atoms with van der Waals surface area (Å²) in [6.07, 6.45) is 0.0697. The fourth-order valence-electron chi connectivity index (χ4n) is 2.42. The van der Waals surface area contributed by atoms with Crippen LogP contribution in [0, 0.1) is 0 Å². The van der Waals surface area contributed by atoms with Gasteiger partial charge in [0.15, 0.2) is 11.5 Å². The Morgan fingerprint density at radius 1 is 1.00 bits per heavy atom.